The molecule has 0 saturated heterocycles. The number of sulfonamides is 1. The van der Waals surface area contributed by atoms with Crippen LogP contribution >= 0.6 is 11.6 Å². The van der Waals surface area contributed by atoms with Crippen LogP contribution in [0.2, 0.25) is 5.02 Å². The molecule has 0 heterocycles. The van der Waals surface area contributed by atoms with Crippen LogP contribution < -0.4 is 10.0 Å². The Morgan fingerprint density at radius 2 is 2.11 bits per heavy atom. The van der Waals surface area contributed by atoms with Gasteiger partial charge in [0.05, 0.1) is 15.5 Å². The number of halogens is 1. The Morgan fingerprint density at radius 1 is 1.39 bits per heavy atom. The van der Waals surface area contributed by atoms with Gasteiger partial charge in [-0.1, -0.05) is 18.5 Å². The van der Waals surface area contributed by atoms with Gasteiger partial charge in [-0.2, -0.15) is 5.26 Å². The molecule has 0 aliphatic heterocycles. The fourth-order valence-corrected chi connectivity index (χ4v) is 2.51. The summed E-state index contributed by atoms with van der Waals surface area (Å²) in [6, 6.07) is 5.88. The molecule has 1 rings (SSSR count). The minimum atomic E-state index is -3.59. The zero-order valence-corrected chi connectivity index (χ0v) is 11.5. The number of nitrogens with one attached hydrogen (secondary N) is 2. The monoisotopic (exact) mass is 287 g/mol. The standard InChI is InChI=1S/C11H14ClN3O2S/c1-2-14-5-6-15-18(16,17)10-3-4-11(12)9(7-10)8-13/h3-4,7,14-15H,2,5-6H2,1H3. The summed E-state index contributed by atoms with van der Waals surface area (Å²) in [5.74, 6) is 0. The first-order valence-electron chi connectivity index (χ1n) is 5.41. The van der Waals surface area contributed by atoms with E-state index in [1.165, 1.54) is 18.2 Å². The maximum Gasteiger partial charge on any atom is 0.240 e. The van der Waals surface area contributed by atoms with Crippen molar-refractivity contribution >= 4 is 21.6 Å². The topological polar surface area (TPSA) is 82.0 Å². The van der Waals surface area contributed by atoms with Gasteiger partial charge in [-0.25, -0.2) is 13.1 Å². The van der Waals surface area contributed by atoms with Gasteiger partial charge in [0, 0.05) is 13.1 Å². The number of hydrogen-bond donors (Lipinski definition) is 2. The number of hydrogen-bond acceptors (Lipinski definition) is 4. The zero-order valence-electron chi connectivity index (χ0n) is 9.90. The van der Waals surface area contributed by atoms with Gasteiger partial charge >= 0.3 is 0 Å². The average molecular weight is 288 g/mol. The van der Waals surface area contributed by atoms with Crippen LogP contribution in [0.15, 0.2) is 23.1 Å². The van der Waals surface area contributed by atoms with E-state index in [1.807, 2.05) is 13.0 Å². The molecule has 0 fully saturated rings. The Labute approximate surface area is 112 Å². The SMILES string of the molecule is CCNCCNS(=O)(=O)c1ccc(Cl)c(C#N)c1. The molecule has 0 atom stereocenters. The van der Waals surface area contributed by atoms with Crippen LogP contribution in [0.4, 0.5) is 0 Å². The number of rotatable bonds is 6. The third kappa shape index (κ3) is 3.96. The van der Waals surface area contributed by atoms with Crippen molar-refractivity contribution in [3.63, 3.8) is 0 Å². The van der Waals surface area contributed by atoms with Crippen LogP contribution in [0, 0.1) is 11.3 Å². The molecule has 0 aromatic heterocycles. The first-order valence-corrected chi connectivity index (χ1v) is 7.27. The van der Waals surface area contributed by atoms with Crippen molar-refractivity contribution in [3.05, 3.63) is 28.8 Å². The highest BCUT2D eigenvalue weighted by molar-refractivity contribution is 7.89. The largest absolute Gasteiger partial charge is 0.316 e. The first-order chi connectivity index (χ1) is 8.51. The van der Waals surface area contributed by atoms with Gasteiger partial charge in [0.1, 0.15) is 6.07 Å². The number of likely N-dealkylation sites (N-methyl/N-ethyl adjacent to an activating group) is 1. The molecule has 0 unspecified atom stereocenters. The predicted octanol–water partition coefficient (Wildman–Crippen LogP) is 1.10. The van der Waals surface area contributed by atoms with Crippen molar-refractivity contribution < 1.29 is 8.42 Å². The lowest BCUT2D eigenvalue weighted by Gasteiger charge is -2.07. The van der Waals surface area contributed by atoms with Gasteiger partial charge < -0.3 is 5.32 Å². The van der Waals surface area contributed by atoms with Crippen molar-refractivity contribution in [1.82, 2.24) is 10.0 Å². The van der Waals surface area contributed by atoms with Gasteiger partial charge in [-0.3, -0.25) is 0 Å². The van der Waals surface area contributed by atoms with E-state index < -0.39 is 10.0 Å². The Morgan fingerprint density at radius 3 is 2.72 bits per heavy atom. The minimum Gasteiger partial charge on any atom is -0.316 e. The Balaban J connectivity index is 2.83. The molecule has 0 amide bonds. The molecule has 0 radical (unpaired) electrons. The molecular weight excluding hydrogens is 274 g/mol. The maximum absolute atomic E-state index is 11.9. The normalized spacial score (nSPS) is 11.2. The Bertz CT molecular complexity index is 552. The van der Waals surface area contributed by atoms with Gasteiger partial charge in [0.2, 0.25) is 10.0 Å². The molecule has 5 nitrogen and oxygen atoms in total. The molecular formula is C11H14ClN3O2S. The summed E-state index contributed by atoms with van der Waals surface area (Å²) in [4.78, 5) is 0.0416. The Kier molecular flexibility index (Phi) is 5.56. The summed E-state index contributed by atoms with van der Waals surface area (Å²) >= 11 is 5.74. The van der Waals surface area contributed by atoms with Crippen LogP contribution in [-0.2, 0) is 10.0 Å². The molecule has 0 aliphatic rings. The van der Waals surface area contributed by atoms with Crippen LogP contribution in [0.25, 0.3) is 0 Å². The molecule has 0 aliphatic carbocycles. The quantitative estimate of drug-likeness (QED) is 0.768. The summed E-state index contributed by atoms with van der Waals surface area (Å²) in [6.07, 6.45) is 0. The van der Waals surface area contributed by atoms with E-state index in [4.69, 9.17) is 16.9 Å². The molecule has 1 aromatic rings. The number of nitrogens with zero attached hydrogens (tertiary/aromatic N) is 1. The van der Waals surface area contributed by atoms with Gasteiger partial charge in [0.15, 0.2) is 0 Å². The van der Waals surface area contributed by atoms with Crippen LogP contribution in [0.1, 0.15) is 12.5 Å². The lowest BCUT2D eigenvalue weighted by atomic mass is 10.2. The zero-order chi connectivity index (χ0) is 13.6. The molecule has 98 valence electrons. The minimum absolute atomic E-state index is 0.0416. The highest BCUT2D eigenvalue weighted by Crippen LogP contribution is 2.19. The summed E-state index contributed by atoms with van der Waals surface area (Å²) in [5.41, 5.74) is 0.145. The third-order valence-electron chi connectivity index (χ3n) is 2.21. The van der Waals surface area contributed by atoms with E-state index in [1.54, 1.807) is 0 Å². The van der Waals surface area contributed by atoms with Crippen molar-refractivity contribution in [1.29, 1.82) is 5.26 Å². The molecule has 0 saturated carbocycles. The smallest absolute Gasteiger partial charge is 0.240 e. The lowest BCUT2D eigenvalue weighted by Crippen LogP contribution is -2.31. The molecule has 0 bridgehead atoms. The highest BCUT2D eigenvalue weighted by atomic mass is 35.5. The average Bonchev–Trinajstić information content (AvgIpc) is 2.35. The van der Waals surface area contributed by atoms with E-state index in [2.05, 4.69) is 10.0 Å². The molecule has 1 aromatic carbocycles. The molecule has 2 N–H and O–H groups in total. The lowest BCUT2D eigenvalue weighted by molar-refractivity contribution is 0.577. The maximum atomic E-state index is 11.9. The second kappa shape index (κ2) is 6.71. The van der Waals surface area contributed by atoms with Crippen molar-refractivity contribution in [2.45, 2.75) is 11.8 Å². The molecule has 7 heteroatoms. The van der Waals surface area contributed by atoms with Crippen molar-refractivity contribution in [2.24, 2.45) is 0 Å². The summed E-state index contributed by atoms with van der Waals surface area (Å²) < 4.78 is 26.2. The highest BCUT2D eigenvalue weighted by Gasteiger charge is 2.14. The van der Waals surface area contributed by atoms with Gasteiger partial charge in [-0.05, 0) is 24.7 Å². The van der Waals surface area contributed by atoms with Gasteiger partial charge in [0.25, 0.3) is 0 Å². The predicted molar refractivity (Wildman–Crippen MR) is 69.9 cm³/mol. The van der Waals surface area contributed by atoms with Crippen molar-refractivity contribution in [3.8, 4) is 6.07 Å². The summed E-state index contributed by atoms with van der Waals surface area (Å²) in [5, 5.41) is 12.0. The van der Waals surface area contributed by atoms with Crippen LogP contribution in [-0.4, -0.2) is 28.1 Å². The first kappa shape index (κ1) is 14.9. The summed E-state index contributed by atoms with van der Waals surface area (Å²) in [7, 11) is -3.59. The van der Waals surface area contributed by atoms with E-state index in [0.29, 0.717) is 13.1 Å². The number of benzene rings is 1. The third-order valence-corrected chi connectivity index (χ3v) is 4.00. The summed E-state index contributed by atoms with van der Waals surface area (Å²) in [6.45, 7) is 3.56. The van der Waals surface area contributed by atoms with E-state index in [-0.39, 0.29) is 15.5 Å². The van der Waals surface area contributed by atoms with Crippen LogP contribution in [0.3, 0.4) is 0 Å². The molecule has 18 heavy (non-hydrogen) atoms. The van der Waals surface area contributed by atoms with E-state index in [0.717, 1.165) is 6.54 Å². The second-order valence-corrected chi connectivity index (χ2v) is 5.68. The second-order valence-electron chi connectivity index (χ2n) is 3.50. The van der Waals surface area contributed by atoms with E-state index in [9.17, 15) is 8.42 Å². The fraction of sp³-hybridized carbons (Fsp3) is 0.364. The number of nitriles is 1. The van der Waals surface area contributed by atoms with E-state index >= 15 is 0 Å². The Hall–Kier alpha value is -1.13. The fourth-order valence-electron chi connectivity index (χ4n) is 1.29. The molecule has 0 spiro atoms. The van der Waals surface area contributed by atoms with Crippen molar-refractivity contribution in [2.75, 3.05) is 19.6 Å². The van der Waals surface area contributed by atoms with Gasteiger partial charge in [-0.15, -0.1) is 0 Å². The van der Waals surface area contributed by atoms with Crippen LogP contribution in [0.5, 0.6) is 0 Å².